The van der Waals surface area contributed by atoms with Gasteiger partial charge in [0.15, 0.2) is 0 Å². The van der Waals surface area contributed by atoms with Crippen molar-refractivity contribution in [3.63, 3.8) is 0 Å². The molecule has 1 aliphatic heterocycles. The van der Waals surface area contributed by atoms with Crippen molar-refractivity contribution in [2.75, 3.05) is 11.9 Å². The molecule has 2 nitrogen and oxygen atoms in total. The molecule has 0 aromatic heterocycles. The highest BCUT2D eigenvalue weighted by atomic mass is 35.5. The summed E-state index contributed by atoms with van der Waals surface area (Å²) in [6.45, 7) is 5.19. The molecule has 3 heteroatoms. The SMILES string of the molecule is CC1(C)CCC(CNc2ccc(CCl)cc2)O1. The summed E-state index contributed by atoms with van der Waals surface area (Å²) >= 11 is 5.75. The summed E-state index contributed by atoms with van der Waals surface area (Å²) in [4.78, 5) is 0. The Morgan fingerprint density at radius 2 is 2.06 bits per heavy atom. The Morgan fingerprint density at radius 1 is 1.35 bits per heavy atom. The van der Waals surface area contributed by atoms with Crippen molar-refractivity contribution in [3.05, 3.63) is 29.8 Å². The number of hydrogen-bond donors (Lipinski definition) is 1. The summed E-state index contributed by atoms with van der Waals surface area (Å²) in [5.74, 6) is 0.570. The van der Waals surface area contributed by atoms with Crippen LogP contribution in [0.2, 0.25) is 0 Å². The van der Waals surface area contributed by atoms with Crippen molar-refractivity contribution in [2.45, 2.75) is 44.3 Å². The Morgan fingerprint density at radius 3 is 2.59 bits per heavy atom. The molecule has 0 spiro atoms. The topological polar surface area (TPSA) is 21.3 Å². The maximum atomic E-state index is 5.93. The molecule has 1 saturated heterocycles. The number of benzene rings is 1. The standard InChI is InChI=1S/C14H20ClNO/c1-14(2)8-7-13(17-14)10-16-12-5-3-11(9-15)4-6-12/h3-6,13,16H,7-10H2,1-2H3. The van der Waals surface area contributed by atoms with Gasteiger partial charge in [-0.25, -0.2) is 0 Å². The fraction of sp³-hybridized carbons (Fsp3) is 0.571. The molecule has 1 aromatic carbocycles. The number of rotatable bonds is 4. The minimum atomic E-state index is 0.0504. The van der Waals surface area contributed by atoms with Gasteiger partial charge in [-0.15, -0.1) is 11.6 Å². The van der Waals surface area contributed by atoms with Gasteiger partial charge in [0.2, 0.25) is 0 Å². The second kappa shape index (κ2) is 5.28. The summed E-state index contributed by atoms with van der Waals surface area (Å²) in [7, 11) is 0. The van der Waals surface area contributed by atoms with Gasteiger partial charge in [-0.05, 0) is 44.4 Å². The molecular formula is C14H20ClNO. The number of ether oxygens (including phenoxy) is 1. The summed E-state index contributed by atoms with van der Waals surface area (Å²) in [6.07, 6.45) is 2.61. The third-order valence-electron chi connectivity index (χ3n) is 3.20. The highest BCUT2D eigenvalue weighted by Gasteiger charge is 2.31. The number of alkyl halides is 1. The molecule has 1 atom stereocenters. The Hall–Kier alpha value is -0.730. The van der Waals surface area contributed by atoms with E-state index in [1.165, 1.54) is 0 Å². The van der Waals surface area contributed by atoms with E-state index in [9.17, 15) is 0 Å². The van der Waals surface area contributed by atoms with Gasteiger partial charge in [0, 0.05) is 18.1 Å². The van der Waals surface area contributed by atoms with Gasteiger partial charge >= 0.3 is 0 Å². The normalized spacial score (nSPS) is 22.6. The molecule has 0 saturated carbocycles. The van der Waals surface area contributed by atoms with Crippen LogP contribution in [-0.4, -0.2) is 18.2 Å². The van der Waals surface area contributed by atoms with E-state index in [1.54, 1.807) is 0 Å². The van der Waals surface area contributed by atoms with Gasteiger partial charge in [-0.1, -0.05) is 12.1 Å². The fourth-order valence-electron chi connectivity index (χ4n) is 2.16. The predicted octanol–water partition coefficient (Wildman–Crippen LogP) is 3.79. The van der Waals surface area contributed by atoms with E-state index >= 15 is 0 Å². The van der Waals surface area contributed by atoms with Crippen molar-refractivity contribution in [1.82, 2.24) is 0 Å². The van der Waals surface area contributed by atoms with Crippen LogP contribution in [0, 0.1) is 0 Å². The maximum Gasteiger partial charge on any atom is 0.0755 e. The average Bonchev–Trinajstić information content (AvgIpc) is 2.67. The van der Waals surface area contributed by atoms with Gasteiger partial charge in [0.25, 0.3) is 0 Å². The average molecular weight is 254 g/mol. The van der Waals surface area contributed by atoms with Gasteiger partial charge in [0.05, 0.1) is 11.7 Å². The van der Waals surface area contributed by atoms with E-state index in [1.807, 2.05) is 0 Å². The summed E-state index contributed by atoms with van der Waals surface area (Å²) < 4.78 is 5.93. The molecule has 17 heavy (non-hydrogen) atoms. The first-order chi connectivity index (χ1) is 8.09. The zero-order valence-electron chi connectivity index (χ0n) is 10.5. The van der Waals surface area contributed by atoms with E-state index in [4.69, 9.17) is 16.3 Å². The molecule has 0 aliphatic carbocycles. The van der Waals surface area contributed by atoms with Crippen LogP contribution < -0.4 is 5.32 Å². The van der Waals surface area contributed by atoms with Gasteiger partial charge in [-0.2, -0.15) is 0 Å². The van der Waals surface area contributed by atoms with Crippen LogP contribution >= 0.6 is 11.6 Å². The third-order valence-corrected chi connectivity index (χ3v) is 3.50. The summed E-state index contributed by atoms with van der Waals surface area (Å²) in [5, 5.41) is 3.41. The molecule has 2 rings (SSSR count). The molecule has 0 amide bonds. The molecule has 1 unspecified atom stereocenters. The van der Waals surface area contributed by atoms with E-state index in [0.717, 1.165) is 30.6 Å². The van der Waals surface area contributed by atoms with Crippen LogP contribution in [0.25, 0.3) is 0 Å². The Labute approximate surface area is 108 Å². The number of anilines is 1. The van der Waals surface area contributed by atoms with Crippen molar-refractivity contribution < 1.29 is 4.74 Å². The third kappa shape index (κ3) is 3.62. The largest absolute Gasteiger partial charge is 0.382 e. The minimum absolute atomic E-state index is 0.0504. The van der Waals surface area contributed by atoms with Crippen LogP contribution in [0.3, 0.4) is 0 Å². The maximum absolute atomic E-state index is 5.93. The molecular weight excluding hydrogens is 234 g/mol. The van der Waals surface area contributed by atoms with Gasteiger partial charge < -0.3 is 10.1 Å². The van der Waals surface area contributed by atoms with Crippen molar-refractivity contribution in [1.29, 1.82) is 0 Å². The molecule has 0 radical (unpaired) electrons. The summed E-state index contributed by atoms with van der Waals surface area (Å²) in [6, 6.07) is 8.24. The fourth-order valence-corrected chi connectivity index (χ4v) is 2.34. The Kier molecular flexibility index (Phi) is 3.95. The van der Waals surface area contributed by atoms with Gasteiger partial charge in [0.1, 0.15) is 0 Å². The lowest BCUT2D eigenvalue weighted by atomic mass is 10.1. The number of hydrogen-bond acceptors (Lipinski definition) is 2. The van der Waals surface area contributed by atoms with E-state index < -0.39 is 0 Å². The number of halogens is 1. The second-order valence-electron chi connectivity index (χ2n) is 5.25. The monoisotopic (exact) mass is 253 g/mol. The van der Waals surface area contributed by atoms with E-state index in [-0.39, 0.29) is 5.60 Å². The highest BCUT2D eigenvalue weighted by Crippen LogP contribution is 2.29. The Bertz CT molecular complexity index is 361. The molecule has 94 valence electrons. The van der Waals surface area contributed by atoms with E-state index in [2.05, 4.69) is 43.4 Å². The van der Waals surface area contributed by atoms with Crippen molar-refractivity contribution in [2.24, 2.45) is 0 Å². The molecule has 1 aliphatic rings. The van der Waals surface area contributed by atoms with Crippen LogP contribution in [0.4, 0.5) is 5.69 Å². The second-order valence-corrected chi connectivity index (χ2v) is 5.52. The minimum Gasteiger partial charge on any atom is -0.382 e. The molecule has 1 fully saturated rings. The molecule has 1 N–H and O–H groups in total. The molecule has 1 aromatic rings. The lowest BCUT2D eigenvalue weighted by molar-refractivity contribution is -0.00910. The first kappa shape index (κ1) is 12.7. The van der Waals surface area contributed by atoms with E-state index in [0.29, 0.717) is 12.0 Å². The quantitative estimate of drug-likeness (QED) is 0.825. The zero-order valence-corrected chi connectivity index (χ0v) is 11.3. The van der Waals surface area contributed by atoms with Crippen LogP contribution in [0.5, 0.6) is 0 Å². The Balaban J connectivity index is 1.82. The van der Waals surface area contributed by atoms with Crippen LogP contribution in [0.1, 0.15) is 32.3 Å². The van der Waals surface area contributed by atoms with Crippen molar-refractivity contribution in [3.8, 4) is 0 Å². The van der Waals surface area contributed by atoms with Crippen LogP contribution in [-0.2, 0) is 10.6 Å². The predicted molar refractivity (Wildman–Crippen MR) is 72.7 cm³/mol. The first-order valence-corrected chi connectivity index (χ1v) is 6.69. The summed E-state index contributed by atoms with van der Waals surface area (Å²) in [5.41, 5.74) is 2.33. The lowest BCUT2D eigenvalue weighted by Crippen LogP contribution is -2.24. The zero-order chi connectivity index (χ0) is 12.3. The number of nitrogens with one attached hydrogen (secondary N) is 1. The van der Waals surface area contributed by atoms with Gasteiger partial charge in [-0.3, -0.25) is 0 Å². The smallest absolute Gasteiger partial charge is 0.0755 e. The lowest BCUT2D eigenvalue weighted by Gasteiger charge is -2.19. The first-order valence-electron chi connectivity index (χ1n) is 6.16. The van der Waals surface area contributed by atoms with Crippen molar-refractivity contribution >= 4 is 17.3 Å². The highest BCUT2D eigenvalue weighted by molar-refractivity contribution is 6.17. The molecule has 0 bridgehead atoms. The van der Waals surface area contributed by atoms with Crippen LogP contribution in [0.15, 0.2) is 24.3 Å². The molecule has 1 heterocycles.